The van der Waals surface area contributed by atoms with E-state index in [1.807, 2.05) is 7.05 Å². The van der Waals surface area contributed by atoms with Gasteiger partial charge in [0.25, 0.3) is 0 Å². The molecule has 0 spiro atoms. The molecular weight excluding hydrogens is 338 g/mol. The summed E-state index contributed by atoms with van der Waals surface area (Å²) in [6, 6.07) is 9.19. The first-order valence-corrected chi connectivity index (χ1v) is 9.98. The van der Waals surface area contributed by atoms with Gasteiger partial charge >= 0.3 is 0 Å². The second-order valence-corrected chi connectivity index (χ2v) is 7.82. The fourth-order valence-corrected chi connectivity index (χ4v) is 3.51. The van der Waals surface area contributed by atoms with E-state index in [0.29, 0.717) is 12.0 Å². The number of rotatable bonds is 8. The van der Waals surface area contributed by atoms with E-state index in [1.165, 1.54) is 11.1 Å². The molecule has 1 aliphatic rings. The van der Waals surface area contributed by atoms with Gasteiger partial charge in [-0.25, -0.2) is 0 Å². The normalized spacial score (nSPS) is 17.4. The molecule has 1 heterocycles. The first-order valence-electron chi connectivity index (χ1n) is 9.98. The molecule has 0 radical (unpaired) electrons. The molecule has 1 fully saturated rings. The molecule has 6 nitrogen and oxygen atoms in total. The number of guanidine groups is 1. The number of morpholine rings is 1. The fourth-order valence-electron chi connectivity index (χ4n) is 3.51. The van der Waals surface area contributed by atoms with Gasteiger partial charge in [0.1, 0.15) is 0 Å². The van der Waals surface area contributed by atoms with Gasteiger partial charge in [0, 0.05) is 45.8 Å². The van der Waals surface area contributed by atoms with E-state index < -0.39 is 0 Å². The van der Waals surface area contributed by atoms with Gasteiger partial charge in [-0.05, 0) is 31.1 Å². The lowest BCUT2D eigenvalue weighted by molar-refractivity contribution is 0.00752. The summed E-state index contributed by atoms with van der Waals surface area (Å²) in [5.74, 6) is 1.43. The minimum Gasteiger partial charge on any atom is -0.379 e. The van der Waals surface area contributed by atoms with Gasteiger partial charge < -0.3 is 20.3 Å². The van der Waals surface area contributed by atoms with Crippen LogP contribution in [0.15, 0.2) is 29.3 Å². The van der Waals surface area contributed by atoms with Crippen LogP contribution in [0.1, 0.15) is 25.0 Å². The van der Waals surface area contributed by atoms with Crippen LogP contribution in [0.2, 0.25) is 0 Å². The van der Waals surface area contributed by atoms with E-state index in [0.717, 1.165) is 51.9 Å². The average molecular weight is 376 g/mol. The third-order valence-corrected chi connectivity index (χ3v) is 4.94. The Morgan fingerprint density at radius 1 is 1.19 bits per heavy atom. The van der Waals surface area contributed by atoms with E-state index >= 15 is 0 Å². The predicted octanol–water partition coefficient (Wildman–Crippen LogP) is 1.77. The third-order valence-electron chi connectivity index (χ3n) is 4.94. The second-order valence-electron chi connectivity index (χ2n) is 7.82. The van der Waals surface area contributed by atoms with Crippen molar-refractivity contribution in [3.05, 3.63) is 35.4 Å². The van der Waals surface area contributed by atoms with E-state index in [1.54, 1.807) is 0 Å². The summed E-state index contributed by atoms with van der Waals surface area (Å²) in [6.07, 6.45) is 0. The van der Waals surface area contributed by atoms with Gasteiger partial charge in [-0.3, -0.25) is 9.89 Å². The minimum absolute atomic E-state index is 0.482. The molecule has 1 aromatic rings. The topological polar surface area (TPSA) is 52.1 Å². The van der Waals surface area contributed by atoms with E-state index in [4.69, 9.17) is 4.74 Å². The quantitative estimate of drug-likeness (QED) is 0.536. The molecule has 0 amide bonds. The molecule has 1 aliphatic heterocycles. The van der Waals surface area contributed by atoms with Gasteiger partial charge in [0.2, 0.25) is 0 Å². The van der Waals surface area contributed by atoms with Crippen molar-refractivity contribution in [2.45, 2.75) is 33.0 Å². The lowest BCUT2D eigenvalue weighted by Gasteiger charge is -2.37. The first kappa shape index (κ1) is 21.7. The van der Waals surface area contributed by atoms with Crippen LogP contribution < -0.4 is 10.6 Å². The monoisotopic (exact) mass is 375 g/mol. The van der Waals surface area contributed by atoms with Crippen molar-refractivity contribution in [1.82, 2.24) is 20.4 Å². The maximum atomic E-state index is 5.50. The number of ether oxygens (including phenoxy) is 1. The highest BCUT2D eigenvalue weighted by Crippen LogP contribution is 2.12. The van der Waals surface area contributed by atoms with Crippen molar-refractivity contribution in [2.24, 2.45) is 10.9 Å². The lowest BCUT2D eigenvalue weighted by atomic mass is 10.0. The zero-order chi connectivity index (χ0) is 19.6. The van der Waals surface area contributed by atoms with Crippen LogP contribution in [0.25, 0.3) is 0 Å². The van der Waals surface area contributed by atoms with Gasteiger partial charge in [0.15, 0.2) is 5.96 Å². The van der Waals surface area contributed by atoms with Gasteiger partial charge in [0.05, 0.1) is 13.2 Å². The van der Waals surface area contributed by atoms with Crippen molar-refractivity contribution >= 4 is 5.96 Å². The maximum Gasteiger partial charge on any atom is 0.191 e. The Balaban J connectivity index is 1.86. The number of nitrogens with zero attached hydrogens (tertiary/aromatic N) is 3. The van der Waals surface area contributed by atoms with E-state index in [9.17, 15) is 0 Å². The molecule has 27 heavy (non-hydrogen) atoms. The summed E-state index contributed by atoms with van der Waals surface area (Å²) in [6.45, 7) is 10.9. The second kappa shape index (κ2) is 11.3. The van der Waals surface area contributed by atoms with Crippen molar-refractivity contribution in [2.75, 3.05) is 54.0 Å². The third kappa shape index (κ3) is 7.48. The molecule has 1 aromatic carbocycles. The van der Waals surface area contributed by atoms with E-state index in [-0.39, 0.29) is 0 Å². The Morgan fingerprint density at radius 2 is 1.89 bits per heavy atom. The summed E-state index contributed by atoms with van der Waals surface area (Å²) < 4.78 is 5.50. The fraction of sp³-hybridized carbons (Fsp3) is 0.667. The highest BCUT2D eigenvalue weighted by molar-refractivity contribution is 5.79. The van der Waals surface area contributed by atoms with Crippen molar-refractivity contribution < 1.29 is 4.74 Å². The Labute approximate surface area is 165 Å². The maximum absolute atomic E-state index is 5.50. The van der Waals surface area contributed by atoms with Gasteiger partial charge in [-0.1, -0.05) is 38.1 Å². The molecule has 1 saturated heterocycles. The predicted molar refractivity (Wildman–Crippen MR) is 113 cm³/mol. The molecule has 0 bridgehead atoms. The van der Waals surface area contributed by atoms with Crippen molar-refractivity contribution in [1.29, 1.82) is 0 Å². The zero-order valence-electron chi connectivity index (χ0n) is 17.7. The largest absolute Gasteiger partial charge is 0.379 e. The number of hydrogen-bond acceptors (Lipinski definition) is 4. The molecule has 152 valence electrons. The van der Waals surface area contributed by atoms with Crippen LogP contribution in [0.3, 0.4) is 0 Å². The Kier molecular flexibility index (Phi) is 9.04. The summed E-state index contributed by atoms with van der Waals surface area (Å²) in [4.78, 5) is 9.11. The summed E-state index contributed by atoms with van der Waals surface area (Å²) in [7, 11) is 6.02. The van der Waals surface area contributed by atoms with Crippen LogP contribution >= 0.6 is 0 Å². The summed E-state index contributed by atoms with van der Waals surface area (Å²) in [5.41, 5.74) is 2.60. The molecule has 1 atom stereocenters. The SMILES string of the molecule is CN=C(NCc1cccc(CN(C)C)c1)NCC(C(C)C)N1CCOCC1. The van der Waals surface area contributed by atoms with Gasteiger partial charge in [-0.15, -0.1) is 0 Å². The van der Waals surface area contributed by atoms with Gasteiger partial charge in [-0.2, -0.15) is 0 Å². The van der Waals surface area contributed by atoms with Crippen LogP contribution in [-0.4, -0.2) is 75.8 Å². The van der Waals surface area contributed by atoms with Crippen LogP contribution in [0, 0.1) is 5.92 Å². The molecule has 0 aliphatic carbocycles. The average Bonchev–Trinajstić information content (AvgIpc) is 2.65. The highest BCUT2D eigenvalue weighted by atomic mass is 16.5. The Bertz CT molecular complexity index is 582. The molecule has 2 rings (SSSR count). The first-order chi connectivity index (χ1) is 13.0. The van der Waals surface area contributed by atoms with Crippen LogP contribution in [0.5, 0.6) is 0 Å². The Morgan fingerprint density at radius 3 is 2.52 bits per heavy atom. The molecule has 0 aromatic heterocycles. The van der Waals surface area contributed by atoms with Crippen molar-refractivity contribution in [3.63, 3.8) is 0 Å². The zero-order valence-corrected chi connectivity index (χ0v) is 17.7. The molecule has 0 saturated carbocycles. The van der Waals surface area contributed by atoms with Crippen LogP contribution in [0.4, 0.5) is 0 Å². The smallest absolute Gasteiger partial charge is 0.191 e. The summed E-state index contributed by atoms with van der Waals surface area (Å²) >= 11 is 0. The lowest BCUT2D eigenvalue weighted by Crippen LogP contribution is -2.52. The Hall–Kier alpha value is -1.63. The molecule has 2 N–H and O–H groups in total. The number of nitrogens with one attached hydrogen (secondary N) is 2. The molecule has 6 heteroatoms. The standard InChI is InChI=1S/C21H37N5O/c1-17(2)20(26-9-11-27-12-10-26)15-24-21(22-3)23-14-18-7-6-8-19(13-18)16-25(4)5/h6-8,13,17,20H,9-12,14-16H2,1-5H3,(H2,22,23,24). The molecular formula is C21H37N5O. The number of benzene rings is 1. The number of hydrogen-bond donors (Lipinski definition) is 2. The molecule has 1 unspecified atom stereocenters. The van der Waals surface area contributed by atoms with E-state index in [2.05, 4.69) is 77.6 Å². The minimum atomic E-state index is 0.482. The summed E-state index contributed by atoms with van der Waals surface area (Å²) in [5, 5.41) is 6.96. The number of aliphatic imine (C=N–C) groups is 1. The van der Waals surface area contributed by atoms with Crippen LogP contribution in [-0.2, 0) is 17.8 Å². The van der Waals surface area contributed by atoms with Crippen molar-refractivity contribution in [3.8, 4) is 0 Å². The highest BCUT2D eigenvalue weighted by Gasteiger charge is 2.23.